The molecule has 6 nitrogen and oxygen atoms in total. The first-order chi connectivity index (χ1) is 9.36. The van der Waals surface area contributed by atoms with E-state index >= 15 is 0 Å². The van der Waals surface area contributed by atoms with Gasteiger partial charge < -0.3 is 5.32 Å². The summed E-state index contributed by atoms with van der Waals surface area (Å²) < 4.78 is 24.1. The van der Waals surface area contributed by atoms with Gasteiger partial charge in [-0.3, -0.25) is 9.78 Å². The second-order valence-electron chi connectivity index (χ2n) is 4.22. The summed E-state index contributed by atoms with van der Waals surface area (Å²) in [6.45, 7) is 2.95. The highest BCUT2D eigenvalue weighted by molar-refractivity contribution is 7.88. The van der Waals surface area contributed by atoms with Crippen molar-refractivity contribution in [3.63, 3.8) is 0 Å². The molecule has 0 bridgehead atoms. The molecule has 1 amide bonds. The van der Waals surface area contributed by atoms with Crippen LogP contribution in [0.5, 0.6) is 0 Å². The first kappa shape index (κ1) is 16.9. The summed E-state index contributed by atoms with van der Waals surface area (Å²) in [6.07, 6.45) is 4.60. The van der Waals surface area contributed by atoms with E-state index in [1.807, 2.05) is 0 Å². The van der Waals surface area contributed by atoms with Crippen LogP contribution in [0.2, 0.25) is 5.02 Å². The average Bonchev–Trinajstić information content (AvgIpc) is 2.37. The summed E-state index contributed by atoms with van der Waals surface area (Å²) in [5.41, 5.74) is 0.358. The molecule has 0 aliphatic heterocycles. The van der Waals surface area contributed by atoms with Gasteiger partial charge in [0.05, 0.1) is 16.8 Å². The van der Waals surface area contributed by atoms with Crippen molar-refractivity contribution in [2.45, 2.75) is 13.3 Å². The van der Waals surface area contributed by atoms with E-state index in [2.05, 4.69) is 10.3 Å². The van der Waals surface area contributed by atoms with Gasteiger partial charge in [-0.2, -0.15) is 0 Å². The topological polar surface area (TPSA) is 79.4 Å². The maximum Gasteiger partial charge on any atom is 0.252 e. The van der Waals surface area contributed by atoms with Crippen LogP contribution >= 0.6 is 11.6 Å². The molecule has 0 saturated heterocycles. The van der Waals surface area contributed by atoms with Crippen LogP contribution in [-0.4, -0.2) is 49.5 Å². The predicted molar refractivity (Wildman–Crippen MR) is 78.3 cm³/mol. The van der Waals surface area contributed by atoms with Gasteiger partial charge in [-0.15, -0.1) is 0 Å². The standard InChI is InChI=1S/C12H18ClN3O3S/c1-3-16(20(2,18)19)8-4-6-15-12(17)10-5-7-14-9-11(10)13/h5,7,9H,3-4,6,8H2,1-2H3,(H,15,17). The van der Waals surface area contributed by atoms with Gasteiger partial charge in [0.2, 0.25) is 10.0 Å². The van der Waals surface area contributed by atoms with Gasteiger partial charge >= 0.3 is 0 Å². The molecule has 0 spiro atoms. The van der Waals surface area contributed by atoms with Crippen molar-refractivity contribution < 1.29 is 13.2 Å². The highest BCUT2D eigenvalue weighted by atomic mass is 35.5. The molecule has 0 aromatic carbocycles. The summed E-state index contributed by atoms with van der Waals surface area (Å²) in [5.74, 6) is -0.292. The second-order valence-corrected chi connectivity index (χ2v) is 6.61. The van der Waals surface area contributed by atoms with Crippen LogP contribution in [0.15, 0.2) is 18.5 Å². The van der Waals surface area contributed by atoms with Gasteiger partial charge in [0.25, 0.3) is 5.91 Å². The molecule has 1 rings (SSSR count). The zero-order chi connectivity index (χ0) is 15.2. The molecule has 0 unspecified atom stereocenters. The quantitative estimate of drug-likeness (QED) is 0.764. The van der Waals surface area contributed by atoms with E-state index in [4.69, 9.17) is 11.6 Å². The number of aromatic nitrogens is 1. The molecule has 0 saturated carbocycles. The van der Waals surface area contributed by atoms with E-state index in [1.54, 1.807) is 6.92 Å². The Labute approximate surface area is 124 Å². The molecule has 1 aromatic heterocycles. The van der Waals surface area contributed by atoms with E-state index in [9.17, 15) is 13.2 Å². The maximum absolute atomic E-state index is 11.8. The number of carbonyl (C=O) groups excluding carboxylic acids is 1. The summed E-state index contributed by atoms with van der Waals surface area (Å²) in [4.78, 5) is 15.6. The Bertz CT molecular complexity index is 563. The fourth-order valence-electron chi connectivity index (χ4n) is 1.67. The first-order valence-corrected chi connectivity index (χ1v) is 8.41. The van der Waals surface area contributed by atoms with Crippen LogP contribution < -0.4 is 5.32 Å². The molecule has 0 aliphatic rings. The number of nitrogens with one attached hydrogen (secondary N) is 1. The number of halogens is 1. The van der Waals surface area contributed by atoms with Gasteiger partial charge in [-0.25, -0.2) is 12.7 Å². The van der Waals surface area contributed by atoms with Gasteiger partial charge in [0.1, 0.15) is 0 Å². The van der Waals surface area contributed by atoms with Crippen LogP contribution in [0.4, 0.5) is 0 Å². The number of hydrogen-bond donors (Lipinski definition) is 1. The summed E-state index contributed by atoms with van der Waals surface area (Å²) in [5, 5.41) is 2.99. The minimum atomic E-state index is -3.18. The lowest BCUT2D eigenvalue weighted by molar-refractivity contribution is 0.0953. The van der Waals surface area contributed by atoms with Gasteiger partial charge in [0, 0.05) is 32.0 Å². The number of hydrogen-bond acceptors (Lipinski definition) is 4. The largest absolute Gasteiger partial charge is 0.352 e. The number of sulfonamides is 1. The van der Waals surface area contributed by atoms with E-state index in [1.165, 1.54) is 29.0 Å². The Morgan fingerprint density at radius 3 is 2.75 bits per heavy atom. The van der Waals surface area contributed by atoms with Crippen molar-refractivity contribution in [3.05, 3.63) is 29.0 Å². The van der Waals surface area contributed by atoms with E-state index in [0.717, 1.165) is 0 Å². The van der Waals surface area contributed by atoms with Crippen molar-refractivity contribution in [1.82, 2.24) is 14.6 Å². The van der Waals surface area contributed by atoms with Gasteiger partial charge in [0.15, 0.2) is 0 Å². The van der Waals surface area contributed by atoms with Crippen LogP contribution in [0.3, 0.4) is 0 Å². The summed E-state index contributed by atoms with van der Waals surface area (Å²) in [7, 11) is -3.18. The zero-order valence-electron chi connectivity index (χ0n) is 11.5. The van der Waals surface area contributed by atoms with Crippen LogP contribution in [0, 0.1) is 0 Å². The monoisotopic (exact) mass is 319 g/mol. The normalized spacial score (nSPS) is 11.6. The first-order valence-electron chi connectivity index (χ1n) is 6.19. The Balaban J connectivity index is 2.42. The number of amides is 1. The highest BCUT2D eigenvalue weighted by Gasteiger charge is 2.14. The summed E-state index contributed by atoms with van der Waals surface area (Å²) in [6, 6.07) is 1.53. The number of carbonyl (C=O) groups is 1. The van der Waals surface area contributed by atoms with Crippen molar-refractivity contribution in [2.75, 3.05) is 25.9 Å². The minimum absolute atomic E-state index is 0.288. The number of pyridine rings is 1. The third-order valence-electron chi connectivity index (χ3n) is 2.71. The lowest BCUT2D eigenvalue weighted by atomic mass is 10.2. The van der Waals surface area contributed by atoms with E-state index in [-0.39, 0.29) is 10.9 Å². The molecule has 0 atom stereocenters. The molecule has 0 radical (unpaired) electrons. The van der Waals surface area contributed by atoms with Crippen LogP contribution in [0.25, 0.3) is 0 Å². The van der Waals surface area contributed by atoms with Gasteiger partial charge in [-0.05, 0) is 12.5 Å². The summed E-state index contributed by atoms with van der Waals surface area (Å²) >= 11 is 5.85. The molecular weight excluding hydrogens is 302 g/mol. The third-order valence-corrected chi connectivity index (χ3v) is 4.39. The van der Waals surface area contributed by atoms with Crippen LogP contribution in [-0.2, 0) is 10.0 Å². The van der Waals surface area contributed by atoms with E-state index in [0.29, 0.717) is 31.6 Å². The van der Waals surface area contributed by atoms with Crippen molar-refractivity contribution in [1.29, 1.82) is 0 Å². The molecule has 112 valence electrons. The van der Waals surface area contributed by atoms with Crippen LogP contribution in [0.1, 0.15) is 23.7 Å². The molecule has 20 heavy (non-hydrogen) atoms. The molecule has 8 heteroatoms. The lowest BCUT2D eigenvalue weighted by Crippen LogP contribution is -2.33. The SMILES string of the molecule is CCN(CCCNC(=O)c1ccncc1Cl)S(C)(=O)=O. The predicted octanol–water partition coefficient (Wildman–Crippen LogP) is 1.14. The maximum atomic E-state index is 11.8. The molecule has 0 aliphatic carbocycles. The third kappa shape index (κ3) is 5.07. The Kier molecular flexibility index (Phi) is 6.38. The zero-order valence-corrected chi connectivity index (χ0v) is 13.0. The lowest BCUT2D eigenvalue weighted by Gasteiger charge is -2.17. The van der Waals surface area contributed by atoms with Crippen molar-refractivity contribution in [3.8, 4) is 0 Å². The molecule has 1 aromatic rings. The minimum Gasteiger partial charge on any atom is -0.352 e. The fraction of sp³-hybridized carbons (Fsp3) is 0.500. The Morgan fingerprint density at radius 1 is 1.50 bits per heavy atom. The number of nitrogens with zero attached hydrogens (tertiary/aromatic N) is 2. The fourth-order valence-corrected chi connectivity index (χ4v) is 2.81. The molecular formula is C12H18ClN3O3S. The van der Waals surface area contributed by atoms with E-state index < -0.39 is 10.0 Å². The van der Waals surface area contributed by atoms with Gasteiger partial charge in [-0.1, -0.05) is 18.5 Å². The average molecular weight is 320 g/mol. The molecule has 1 heterocycles. The Morgan fingerprint density at radius 2 is 2.20 bits per heavy atom. The molecule has 1 N–H and O–H groups in total. The van der Waals surface area contributed by atoms with Crippen molar-refractivity contribution in [2.24, 2.45) is 0 Å². The smallest absolute Gasteiger partial charge is 0.252 e. The Hall–Kier alpha value is -1.18. The second kappa shape index (κ2) is 7.56. The highest BCUT2D eigenvalue weighted by Crippen LogP contribution is 2.12. The van der Waals surface area contributed by atoms with Crippen molar-refractivity contribution >= 4 is 27.5 Å². The molecule has 0 fully saturated rings. The number of rotatable bonds is 7.